The van der Waals surface area contributed by atoms with Gasteiger partial charge in [0.2, 0.25) is 5.91 Å². The third-order valence-corrected chi connectivity index (χ3v) is 6.94. The molecule has 28 heavy (non-hydrogen) atoms. The quantitative estimate of drug-likeness (QED) is 0.719. The first-order chi connectivity index (χ1) is 13.7. The van der Waals surface area contributed by atoms with Crippen LogP contribution in [0.1, 0.15) is 56.6 Å². The molecule has 0 spiro atoms. The number of carbonyl (C=O) groups excluding carboxylic acids is 1. The maximum Gasteiger partial charge on any atom is 0.222 e. The van der Waals surface area contributed by atoms with Gasteiger partial charge in [-0.15, -0.1) is 0 Å². The number of hydrogen-bond acceptors (Lipinski definition) is 3. The Hall–Kier alpha value is -1.39. The number of hydrogen-bond donors (Lipinski definition) is 0. The van der Waals surface area contributed by atoms with Crippen LogP contribution >= 0.6 is 0 Å². The Labute approximate surface area is 170 Å². The lowest BCUT2D eigenvalue weighted by atomic mass is 9.94. The van der Waals surface area contributed by atoms with Crippen LogP contribution in [0.2, 0.25) is 0 Å². The Morgan fingerprint density at radius 3 is 2.43 bits per heavy atom. The summed E-state index contributed by atoms with van der Waals surface area (Å²) in [4.78, 5) is 17.5. The van der Waals surface area contributed by atoms with E-state index in [1.807, 2.05) is 0 Å². The molecule has 0 N–H and O–H groups in total. The fourth-order valence-corrected chi connectivity index (χ4v) is 5.29. The number of fused-ring (bicyclic) bond motifs is 1. The average Bonchev–Trinajstić information content (AvgIpc) is 3.37. The first-order valence-electron chi connectivity index (χ1n) is 11.4. The molecule has 3 aliphatic rings. The van der Waals surface area contributed by atoms with E-state index in [0.29, 0.717) is 24.3 Å². The highest BCUT2D eigenvalue weighted by atomic mass is 16.5. The van der Waals surface area contributed by atoms with Crippen LogP contribution in [0.4, 0.5) is 0 Å². The molecule has 0 aromatic heterocycles. The molecule has 4 nitrogen and oxygen atoms in total. The van der Waals surface area contributed by atoms with Gasteiger partial charge >= 0.3 is 0 Å². The minimum atomic E-state index is 0.262. The number of ether oxygens (including phenoxy) is 1. The number of rotatable bonds is 7. The molecule has 154 valence electrons. The first-order valence-corrected chi connectivity index (χ1v) is 11.4. The van der Waals surface area contributed by atoms with Crippen molar-refractivity contribution in [1.29, 1.82) is 0 Å². The van der Waals surface area contributed by atoms with Crippen LogP contribution in [0.15, 0.2) is 24.3 Å². The predicted octanol–water partition coefficient (Wildman–Crippen LogP) is 3.67. The Bertz CT molecular complexity index is 623. The first kappa shape index (κ1) is 19.9. The van der Waals surface area contributed by atoms with E-state index in [0.717, 1.165) is 39.0 Å². The number of likely N-dealkylation sites (tertiary alicyclic amines) is 1. The van der Waals surface area contributed by atoms with Crippen LogP contribution in [-0.4, -0.2) is 60.6 Å². The van der Waals surface area contributed by atoms with E-state index in [4.69, 9.17) is 4.74 Å². The van der Waals surface area contributed by atoms with E-state index in [-0.39, 0.29) is 6.10 Å². The molecule has 0 unspecified atom stereocenters. The summed E-state index contributed by atoms with van der Waals surface area (Å²) < 4.78 is 5.81. The normalized spacial score (nSPS) is 23.8. The van der Waals surface area contributed by atoms with Gasteiger partial charge in [0.25, 0.3) is 0 Å². The van der Waals surface area contributed by atoms with Crippen molar-refractivity contribution >= 4 is 5.91 Å². The highest BCUT2D eigenvalue weighted by Gasteiger charge is 2.31. The summed E-state index contributed by atoms with van der Waals surface area (Å²) in [6.07, 6.45) is 8.97. The largest absolute Gasteiger partial charge is 0.376 e. The summed E-state index contributed by atoms with van der Waals surface area (Å²) in [5.41, 5.74) is 3.09. The number of nitrogens with zero attached hydrogens (tertiary/aromatic N) is 2. The summed E-state index contributed by atoms with van der Waals surface area (Å²) in [5.74, 6) is 0.967. The minimum Gasteiger partial charge on any atom is -0.376 e. The molecule has 2 fully saturated rings. The van der Waals surface area contributed by atoms with Crippen molar-refractivity contribution in [2.45, 2.75) is 70.4 Å². The molecule has 1 atom stereocenters. The molecule has 2 aliphatic heterocycles. The predicted molar refractivity (Wildman–Crippen MR) is 112 cm³/mol. The molecule has 0 radical (unpaired) electrons. The molecule has 4 rings (SSSR count). The standard InChI is InChI=1S/C24H36N2O2/c1-2-6-24(27)26(18-23-9-5-14-28-23)17-19-10-12-25(13-11-19)22-15-20-7-3-4-8-21(20)16-22/h3-4,7-8,19,22-23H,2,5-6,9-18H2,1H3/t23-/m0/s1. The van der Waals surface area contributed by atoms with E-state index in [9.17, 15) is 4.79 Å². The molecule has 1 amide bonds. The van der Waals surface area contributed by atoms with Crippen molar-refractivity contribution < 1.29 is 9.53 Å². The molecular formula is C24H36N2O2. The van der Waals surface area contributed by atoms with Gasteiger partial charge in [-0.3, -0.25) is 9.69 Å². The van der Waals surface area contributed by atoms with Crippen LogP contribution in [0, 0.1) is 5.92 Å². The third kappa shape index (κ3) is 4.77. The lowest BCUT2D eigenvalue weighted by molar-refractivity contribution is -0.133. The molecule has 0 bridgehead atoms. The molecule has 1 aromatic carbocycles. The second-order valence-electron chi connectivity index (χ2n) is 8.99. The lowest BCUT2D eigenvalue weighted by Gasteiger charge is -2.38. The van der Waals surface area contributed by atoms with E-state index in [1.165, 1.54) is 38.8 Å². The van der Waals surface area contributed by atoms with Gasteiger partial charge in [0.1, 0.15) is 0 Å². The van der Waals surface area contributed by atoms with Crippen molar-refractivity contribution in [1.82, 2.24) is 9.80 Å². The number of piperidine rings is 1. The smallest absolute Gasteiger partial charge is 0.222 e. The van der Waals surface area contributed by atoms with Gasteiger partial charge < -0.3 is 9.64 Å². The Balaban J connectivity index is 1.28. The van der Waals surface area contributed by atoms with Crippen LogP contribution in [0.3, 0.4) is 0 Å². The highest BCUT2D eigenvalue weighted by Crippen LogP contribution is 2.29. The number of benzene rings is 1. The van der Waals surface area contributed by atoms with Gasteiger partial charge in [0, 0.05) is 32.2 Å². The van der Waals surface area contributed by atoms with Crippen LogP contribution in [0.25, 0.3) is 0 Å². The fourth-order valence-electron chi connectivity index (χ4n) is 5.29. The zero-order chi connectivity index (χ0) is 19.3. The van der Waals surface area contributed by atoms with Crippen LogP contribution in [0.5, 0.6) is 0 Å². The minimum absolute atomic E-state index is 0.262. The Morgan fingerprint density at radius 2 is 1.82 bits per heavy atom. The van der Waals surface area contributed by atoms with Crippen molar-refractivity contribution in [3.8, 4) is 0 Å². The van der Waals surface area contributed by atoms with E-state index < -0.39 is 0 Å². The van der Waals surface area contributed by atoms with Crippen molar-refractivity contribution in [3.63, 3.8) is 0 Å². The molecule has 2 heterocycles. The van der Waals surface area contributed by atoms with Gasteiger partial charge in [0.15, 0.2) is 0 Å². The SMILES string of the molecule is CCCC(=O)N(CC1CCN(C2Cc3ccccc3C2)CC1)C[C@@H]1CCCO1. The lowest BCUT2D eigenvalue weighted by Crippen LogP contribution is -2.46. The summed E-state index contributed by atoms with van der Waals surface area (Å²) in [5, 5.41) is 0. The molecule has 1 aromatic rings. The highest BCUT2D eigenvalue weighted by molar-refractivity contribution is 5.76. The van der Waals surface area contributed by atoms with Gasteiger partial charge in [-0.2, -0.15) is 0 Å². The van der Waals surface area contributed by atoms with Crippen LogP contribution in [-0.2, 0) is 22.4 Å². The monoisotopic (exact) mass is 384 g/mol. The van der Waals surface area contributed by atoms with Gasteiger partial charge in [-0.1, -0.05) is 31.2 Å². The summed E-state index contributed by atoms with van der Waals surface area (Å²) >= 11 is 0. The molecular weight excluding hydrogens is 348 g/mol. The molecule has 2 saturated heterocycles. The number of amides is 1. The van der Waals surface area contributed by atoms with Gasteiger partial charge in [-0.25, -0.2) is 0 Å². The van der Waals surface area contributed by atoms with E-state index >= 15 is 0 Å². The van der Waals surface area contributed by atoms with Crippen molar-refractivity contribution in [3.05, 3.63) is 35.4 Å². The summed E-state index contributed by atoms with van der Waals surface area (Å²) in [7, 11) is 0. The summed E-state index contributed by atoms with van der Waals surface area (Å²) in [6.45, 7) is 7.05. The Morgan fingerprint density at radius 1 is 1.11 bits per heavy atom. The van der Waals surface area contributed by atoms with Crippen LogP contribution < -0.4 is 0 Å². The van der Waals surface area contributed by atoms with Gasteiger partial charge in [0.05, 0.1) is 6.10 Å². The maximum atomic E-state index is 12.7. The van der Waals surface area contributed by atoms with Gasteiger partial charge in [-0.05, 0) is 75.1 Å². The average molecular weight is 385 g/mol. The Kier molecular flexibility index (Phi) is 6.69. The second-order valence-corrected chi connectivity index (χ2v) is 8.99. The summed E-state index contributed by atoms with van der Waals surface area (Å²) in [6, 6.07) is 9.62. The molecule has 1 aliphatic carbocycles. The second kappa shape index (κ2) is 9.41. The van der Waals surface area contributed by atoms with Crippen molar-refractivity contribution in [2.24, 2.45) is 5.92 Å². The molecule has 0 saturated carbocycles. The zero-order valence-corrected chi connectivity index (χ0v) is 17.4. The van der Waals surface area contributed by atoms with E-state index in [1.54, 1.807) is 11.1 Å². The topological polar surface area (TPSA) is 32.8 Å². The number of carbonyl (C=O) groups is 1. The maximum absolute atomic E-state index is 12.7. The third-order valence-electron chi connectivity index (χ3n) is 6.94. The van der Waals surface area contributed by atoms with Crippen molar-refractivity contribution in [2.75, 3.05) is 32.8 Å². The molecule has 4 heteroatoms. The fraction of sp³-hybridized carbons (Fsp3) is 0.708. The zero-order valence-electron chi connectivity index (χ0n) is 17.4. The van der Waals surface area contributed by atoms with E-state index in [2.05, 4.69) is 41.0 Å².